The molecule has 1 aliphatic heterocycles. The first-order valence-corrected chi connectivity index (χ1v) is 9.60. The number of aryl methyl sites for hydroxylation is 2. The normalized spacial score (nSPS) is 13.9. The maximum Gasteiger partial charge on any atom is 0.278 e. The molecule has 2 heterocycles. The van der Waals surface area contributed by atoms with Crippen molar-refractivity contribution in [2.75, 3.05) is 12.4 Å². The molecule has 2 amide bonds. The van der Waals surface area contributed by atoms with Gasteiger partial charge in [0, 0.05) is 11.3 Å². The van der Waals surface area contributed by atoms with E-state index in [2.05, 4.69) is 5.32 Å². The molecule has 0 fully saturated rings. The number of carbonyl (C=O) groups excluding carboxylic acids is 2. The molecule has 0 radical (unpaired) electrons. The zero-order chi connectivity index (χ0) is 21.3. The number of methoxy groups -OCH3 is 1. The van der Waals surface area contributed by atoms with Gasteiger partial charge in [0.1, 0.15) is 17.2 Å². The highest BCUT2D eigenvalue weighted by Crippen LogP contribution is 2.36. The Morgan fingerprint density at radius 2 is 1.80 bits per heavy atom. The summed E-state index contributed by atoms with van der Waals surface area (Å²) in [5.41, 5.74) is 3.87. The molecule has 2 aromatic carbocycles. The number of furan rings is 1. The van der Waals surface area contributed by atoms with Crippen LogP contribution in [0.3, 0.4) is 0 Å². The van der Waals surface area contributed by atoms with Crippen LogP contribution in [0.4, 0.5) is 5.69 Å². The number of anilines is 1. The van der Waals surface area contributed by atoms with Gasteiger partial charge in [0.25, 0.3) is 11.8 Å². The fraction of sp³-hybridized carbons (Fsp3) is 0.167. The van der Waals surface area contributed by atoms with Crippen LogP contribution in [-0.2, 0) is 16.1 Å². The summed E-state index contributed by atoms with van der Waals surface area (Å²) in [7, 11) is 1.54. The molecule has 1 aliphatic rings. The zero-order valence-electron chi connectivity index (χ0n) is 17.1. The molecular weight excluding hydrogens is 380 g/mol. The van der Waals surface area contributed by atoms with Crippen molar-refractivity contribution >= 4 is 23.1 Å². The van der Waals surface area contributed by atoms with Gasteiger partial charge in [-0.1, -0.05) is 30.3 Å². The van der Waals surface area contributed by atoms with Crippen LogP contribution in [0.5, 0.6) is 5.75 Å². The Balaban J connectivity index is 1.82. The Morgan fingerprint density at radius 1 is 1.00 bits per heavy atom. The van der Waals surface area contributed by atoms with Crippen molar-refractivity contribution in [2.24, 2.45) is 0 Å². The maximum absolute atomic E-state index is 13.4. The average molecular weight is 402 g/mol. The Labute approximate surface area is 174 Å². The lowest BCUT2D eigenvalue weighted by atomic mass is 10.0. The Morgan fingerprint density at radius 3 is 2.53 bits per heavy atom. The van der Waals surface area contributed by atoms with E-state index in [4.69, 9.17) is 9.15 Å². The van der Waals surface area contributed by atoms with E-state index < -0.39 is 11.8 Å². The number of para-hydroxylation sites is 1. The van der Waals surface area contributed by atoms with Gasteiger partial charge in [0.15, 0.2) is 0 Å². The SMILES string of the molecule is COc1ccccc1C1=C(Nc2cc(C)ccc2C)C(=O)N(Cc2ccco2)C1=O. The summed E-state index contributed by atoms with van der Waals surface area (Å²) in [6.45, 7) is 3.99. The van der Waals surface area contributed by atoms with Gasteiger partial charge in [-0.3, -0.25) is 14.5 Å². The van der Waals surface area contributed by atoms with Crippen LogP contribution >= 0.6 is 0 Å². The average Bonchev–Trinajstić information content (AvgIpc) is 3.34. The molecule has 1 aromatic heterocycles. The van der Waals surface area contributed by atoms with Gasteiger partial charge in [0.2, 0.25) is 0 Å². The Hall–Kier alpha value is -3.80. The third-order valence-corrected chi connectivity index (χ3v) is 5.09. The van der Waals surface area contributed by atoms with Crippen LogP contribution in [-0.4, -0.2) is 23.8 Å². The lowest BCUT2D eigenvalue weighted by molar-refractivity contribution is -0.137. The second-order valence-corrected chi connectivity index (χ2v) is 7.17. The van der Waals surface area contributed by atoms with Gasteiger partial charge in [-0.25, -0.2) is 0 Å². The number of amides is 2. The number of ether oxygens (including phenoxy) is 1. The van der Waals surface area contributed by atoms with Crippen LogP contribution in [0.15, 0.2) is 71.0 Å². The van der Waals surface area contributed by atoms with Gasteiger partial charge < -0.3 is 14.5 Å². The number of benzene rings is 2. The predicted molar refractivity (Wildman–Crippen MR) is 114 cm³/mol. The fourth-order valence-electron chi connectivity index (χ4n) is 3.50. The van der Waals surface area contributed by atoms with Gasteiger partial charge in [-0.2, -0.15) is 0 Å². The number of nitrogens with zero attached hydrogens (tertiary/aromatic N) is 1. The zero-order valence-corrected chi connectivity index (χ0v) is 17.1. The fourth-order valence-corrected chi connectivity index (χ4v) is 3.50. The van der Waals surface area contributed by atoms with Gasteiger partial charge in [-0.05, 0) is 49.2 Å². The first-order valence-electron chi connectivity index (χ1n) is 9.60. The van der Waals surface area contributed by atoms with Crippen molar-refractivity contribution in [3.8, 4) is 5.75 Å². The first-order chi connectivity index (χ1) is 14.5. The van der Waals surface area contributed by atoms with Crippen molar-refractivity contribution in [3.63, 3.8) is 0 Å². The molecule has 0 atom stereocenters. The van der Waals surface area contributed by atoms with E-state index in [9.17, 15) is 9.59 Å². The minimum Gasteiger partial charge on any atom is -0.496 e. The lowest BCUT2D eigenvalue weighted by Crippen LogP contribution is -2.31. The van der Waals surface area contributed by atoms with Gasteiger partial charge >= 0.3 is 0 Å². The number of nitrogens with one attached hydrogen (secondary N) is 1. The molecule has 3 aromatic rings. The maximum atomic E-state index is 13.4. The van der Waals surface area contributed by atoms with E-state index in [1.165, 1.54) is 11.2 Å². The number of hydrogen-bond acceptors (Lipinski definition) is 5. The minimum atomic E-state index is -0.404. The van der Waals surface area contributed by atoms with Crippen molar-refractivity contribution < 1.29 is 18.7 Å². The summed E-state index contributed by atoms with van der Waals surface area (Å²) >= 11 is 0. The van der Waals surface area contributed by atoms with Gasteiger partial charge in [0.05, 0.1) is 25.5 Å². The Kier molecular flexibility index (Phi) is 5.14. The first kappa shape index (κ1) is 19.5. The molecule has 0 saturated heterocycles. The van der Waals surface area contributed by atoms with Crippen LogP contribution in [0, 0.1) is 13.8 Å². The van der Waals surface area contributed by atoms with E-state index in [0.29, 0.717) is 17.1 Å². The van der Waals surface area contributed by atoms with Gasteiger partial charge in [-0.15, -0.1) is 0 Å². The van der Waals surface area contributed by atoms with Crippen LogP contribution in [0.2, 0.25) is 0 Å². The highest BCUT2D eigenvalue weighted by molar-refractivity contribution is 6.36. The molecule has 0 unspecified atom stereocenters. The molecule has 4 rings (SSSR count). The highest BCUT2D eigenvalue weighted by atomic mass is 16.5. The van der Waals surface area contributed by atoms with E-state index in [0.717, 1.165) is 16.8 Å². The second kappa shape index (κ2) is 7.91. The number of hydrogen-bond donors (Lipinski definition) is 1. The van der Waals surface area contributed by atoms with E-state index in [1.54, 1.807) is 31.4 Å². The second-order valence-electron chi connectivity index (χ2n) is 7.17. The summed E-state index contributed by atoms with van der Waals surface area (Å²) in [4.78, 5) is 27.9. The summed E-state index contributed by atoms with van der Waals surface area (Å²) in [5.74, 6) is 0.254. The van der Waals surface area contributed by atoms with E-state index >= 15 is 0 Å². The molecule has 1 N–H and O–H groups in total. The molecule has 30 heavy (non-hydrogen) atoms. The monoisotopic (exact) mass is 402 g/mol. The van der Waals surface area contributed by atoms with Crippen molar-refractivity contribution in [1.29, 1.82) is 0 Å². The predicted octanol–water partition coefficient (Wildman–Crippen LogP) is 4.30. The number of carbonyl (C=O) groups is 2. The summed E-state index contributed by atoms with van der Waals surface area (Å²) in [5, 5.41) is 3.22. The van der Waals surface area contributed by atoms with E-state index in [-0.39, 0.29) is 17.8 Å². The quantitative estimate of drug-likeness (QED) is 0.623. The summed E-state index contributed by atoms with van der Waals surface area (Å²) in [6, 6.07) is 16.6. The molecule has 6 heteroatoms. The molecule has 6 nitrogen and oxygen atoms in total. The third kappa shape index (κ3) is 3.48. The summed E-state index contributed by atoms with van der Waals surface area (Å²) in [6.07, 6.45) is 1.52. The van der Waals surface area contributed by atoms with Crippen LogP contribution in [0.1, 0.15) is 22.5 Å². The lowest BCUT2D eigenvalue weighted by Gasteiger charge is -2.14. The molecule has 0 spiro atoms. The minimum absolute atomic E-state index is 0.0568. The molecule has 152 valence electrons. The molecular formula is C24H22N2O4. The highest BCUT2D eigenvalue weighted by Gasteiger charge is 2.40. The van der Waals surface area contributed by atoms with Crippen LogP contribution < -0.4 is 10.1 Å². The standard InChI is InChI=1S/C24H22N2O4/c1-15-10-11-16(2)19(13-15)25-22-21(18-8-4-5-9-20(18)29-3)23(27)26(24(22)28)14-17-7-6-12-30-17/h4-13,25H,14H2,1-3H3. The van der Waals surface area contributed by atoms with E-state index in [1.807, 2.05) is 44.2 Å². The van der Waals surface area contributed by atoms with Crippen molar-refractivity contribution in [1.82, 2.24) is 4.90 Å². The largest absolute Gasteiger partial charge is 0.496 e. The van der Waals surface area contributed by atoms with Crippen molar-refractivity contribution in [3.05, 3.63) is 89.0 Å². The Bertz CT molecular complexity index is 1150. The molecule has 0 bridgehead atoms. The number of rotatable bonds is 6. The number of imide groups is 1. The smallest absolute Gasteiger partial charge is 0.278 e. The molecule has 0 saturated carbocycles. The van der Waals surface area contributed by atoms with Crippen molar-refractivity contribution in [2.45, 2.75) is 20.4 Å². The van der Waals surface area contributed by atoms with Crippen LogP contribution in [0.25, 0.3) is 5.57 Å². The third-order valence-electron chi connectivity index (χ3n) is 5.09. The summed E-state index contributed by atoms with van der Waals surface area (Å²) < 4.78 is 10.8. The molecule has 0 aliphatic carbocycles. The topological polar surface area (TPSA) is 71.8 Å².